The maximum Gasteiger partial charge on any atom is 0.471 e. The van der Waals surface area contributed by atoms with Crippen LogP contribution in [-0.2, 0) is 14.8 Å². The second kappa shape index (κ2) is 7.79. The molecule has 2 aliphatic rings. The number of carbonyl (C=O) groups excluding carboxylic acids is 1. The van der Waals surface area contributed by atoms with E-state index in [1.165, 1.54) is 4.31 Å². The SMILES string of the molecule is CCS(=O)(=O)N1CCN(C2(CNC(=O)C(F)(F)F)CCCCC2)CC1. The van der Waals surface area contributed by atoms with Gasteiger partial charge in [0, 0.05) is 38.3 Å². The van der Waals surface area contributed by atoms with Crippen LogP contribution in [0.2, 0.25) is 0 Å². The number of nitrogens with zero attached hydrogens (tertiary/aromatic N) is 2. The van der Waals surface area contributed by atoms with Crippen LogP contribution in [0.15, 0.2) is 0 Å². The summed E-state index contributed by atoms with van der Waals surface area (Å²) in [4.78, 5) is 13.3. The Labute approximate surface area is 146 Å². The molecule has 0 unspecified atom stereocenters. The zero-order valence-electron chi connectivity index (χ0n) is 14.4. The molecule has 0 spiro atoms. The third kappa shape index (κ3) is 4.85. The predicted octanol–water partition coefficient (Wildman–Crippen LogP) is 1.34. The largest absolute Gasteiger partial charge is 0.471 e. The maximum absolute atomic E-state index is 12.5. The normalized spacial score (nSPS) is 23.4. The van der Waals surface area contributed by atoms with Gasteiger partial charge in [-0.05, 0) is 19.8 Å². The highest BCUT2D eigenvalue weighted by Gasteiger charge is 2.44. The first-order valence-corrected chi connectivity index (χ1v) is 10.3. The number of hydrogen-bond donors (Lipinski definition) is 1. The molecule has 0 radical (unpaired) electrons. The van der Waals surface area contributed by atoms with Gasteiger partial charge in [-0.1, -0.05) is 19.3 Å². The van der Waals surface area contributed by atoms with Crippen LogP contribution >= 0.6 is 0 Å². The second-order valence-electron chi connectivity index (χ2n) is 6.75. The molecular formula is C15H26F3N3O3S. The van der Waals surface area contributed by atoms with E-state index in [-0.39, 0.29) is 12.3 Å². The molecule has 0 atom stereocenters. The average molecular weight is 385 g/mol. The lowest BCUT2D eigenvalue weighted by Crippen LogP contribution is -2.63. The minimum Gasteiger partial charge on any atom is -0.346 e. The standard InChI is InChI=1S/C15H26F3N3O3S/c1-2-25(23,24)21-10-8-20(9-11-21)14(6-4-3-5-7-14)12-19-13(22)15(16,17)18/h2-12H2,1H3,(H,19,22). The lowest BCUT2D eigenvalue weighted by molar-refractivity contribution is -0.174. The Hall–Kier alpha value is -0.870. The maximum atomic E-state index is 12.5. The highest BCUT2D eigenvalue weighted by atomic mass is 32.2. The molecule has 2 rings (SSSR count). The van der Waals surface area contributed by atoms with Gasteiger partial charge in [0.25, 0.3) is 0 Å². The zero-order valence-corrected chi connectivity index (χ0v) is 15.3. The van der Waals surface area contributed by atoms with Crippen molar-refractivity contribution < 1.29 is 26.4 Å². The van der Waals surface area contributed by atoms with E-state index in [1.54, 1.807) is 6.92 Å². The fourth-order valence-electron chi connectivity index (χ4n) is 3.78. The van der Waals surface area contributed by atoms with Gasteiger partial charge in [-0.15, -0.1) is 0 Å². The molecule has 1 amide bonds. The van der Waals surface area contributed by atoms with Gasteiger partial charge in [-0.25, -0.2) is 8.42 Å². The molecule has 25 heavy (non-hydrogen) atoms. The molecule has 1 aliphatic heterocycles. The number of nitrogens with one attached hydrogen (secondary N) is 1. The highest BCUT2D eigenvalue weighted by molar-refractivity contribution is 7.89. The van der Waals surface area contributed by atoms with Gasteiger partial charge in [-0.2, -0.15) is 17.5 Å². The summed E-state index contributed by atoms with van der Waals surface area (Å²) < 4.78 is 62.9. The quantitative estimate of drug-likeness (QED) is 0.775. The van der Waals surface area contributed by atoms with E-state index < -0.39 is 27.6 Å². The average Bonchev–Trinajstić information content (AvgIpc) is 2.59. The Bertz CT molecular complexity index is 566. The number of sulfonamides is 1. The Balaban J connectivity index is 2.04. The fraction of sp³-hybridized carbons (Fsp3) is 0.933. The topological polar surface area (TPSA) is 69.7 Å². The summed E-state index contributed by atoms with van der Waals surface area (Å²) in [6.07, 6.45) is -0.634. The number of rotatable bonds is 5. The number of alkyl halides is 3. The van der Waals surface area contributed by atoms with Crippen molar-refractivity contribution >= 4 is 15.9 Å². The number of hydrogen-bond acceptors (Lipinski definition) is 4. The van der Waals surface area contributed by atoms with Gasteiger partial charge in [0.05, 0.1) is 5.75 Å². The van der Waals surface area contributed by atoms with E-state index in [2.05, 4.69) is 4.90 Å². The summed E-state index contributed by atoms with van der Waals surface area (Å²) >= 11 is 0. The summed E-state index contributed by atoms with van der Waals surface area (Å²) in [5.74, 6) is -1.87. The molecule has 1 heterocycles. The summed E-state index contributed by atoms with van der Waals surface area (Å²) in [6.45, 7) is 3.17. The molecule has 10 heteroatoms. The first kappa shape index (κ1) is 20.4. The van der Waals surface area contributed by atoms with Gasteiger partial charge >= 0.3 is 12.1 Å². The predicted molar refractivity (Wildman–Crippen MR) is 87.5 cm³/mol. The first-order chi connectivity index (χ1) is 11.6. The molecule has 0 aromatic carbocycles. The van der Waals surface area contributed by atoms with Crippen molar-refractivity contribution in [3.05, 3.63) is 0 Å². The molecule has 1 aliphatic carbocycles. The molecule has 1 saturated carbocycles. The van der Waals surface area contributed by atoms with E-state index in [0.717, 1.165) is 19.3 Å². The van der Waals surface area contributed by atoms with Gasteiger partial charge in [0.15, 0.2) is 0 Å². The van der Waals surface area contributed by atoms with Gasteiger partial charge in [0.2, 0.25) is 10.0 Å². The van der Waals surface area contributed by atoms with Crippen molar-refractivity contribution in [3.8, 4) is 0 Å². The van der Waals surface area contributed by atoms with Crippen molar-refractivity contribution in [2.24, 2.45) is 0 Å². The summed E-state index contributed by atoms with van der Waals surface area (Å²) in [5, 5.41) is 2.05. The second-order valence-corrected chi connectivity index (χ2v) is 9.01. The smallest absolute Gasteiger partial charge is 0.346 e. The van der Waals surface area contributed by atoms with E-state index in [0.29, 0.717) is 39.0 Å². The van der Waals surface area contributed by atoms with E-state index in [1.807, 2.05) is 5.32 Å². The molecular weight excluding hydrogens is 359 g/mol. The van der Waals surface area contributed by atoms with Crippen molar-refractivity contribution in [3.63, 3.8) is 0 Å². The van der Waals surface area contributed by atoms with Crippen molar-refractivity contribution in [1.82, 2.24) is 14.5 Å². The van der Waals surface area contributed by atoms with E-state index in [4.69, 9.17) is 0 Å². The molecule has 6 nitrogen and oxygen atoms in total. The van der Waals surface area contributed by atoms with E-state index >= 15 is 0 Å². The van der Waals surface area contributed by atoms with Crippen LogP contribution in [0.25, 0.3) is 0 Å². The van der Waals surface area contributed by atoms with Crippen LogP contribution in [0.5, 0.6) is 0 Å². The van der Waals surface area contributed by atoms with E-state index in [9.17, 15) is 26.4 Å². The lowest BCUT2D eigenvalue weighted by atomic mass is 9.79. The molecule has 0 bridgehead atoms. The Morgan fingerprint density at radius 2 is 1.64 bits per heavy atom. The minimum absolute atomic E-state index is 0.0415. The monoisotopic (exact) mass is 385 g/mol. The molecule has 2 fully saturated rings. The fourth-order valence-corrected chi connectivity index (χ4v) is 4.87. The molecule has 0 aromatic rings. The summed E-state index contributed by atoms with van der Waals surface area (Å²) in [6, 6.07) is 0. The van der Waals surface area contributed by atoms with Crippen LogP contribution in [0.4, 0.5) is 13.2 Å². The zero-order chi connectivity index (χ0) is 18.7. The van der Waals surface area contributed by atoms with Crippen molar-refractivity contribution in [2.45, 2.75) is 50.7 Å². The first-order valence-electron chi connectivity index (χ1n) is 8.69. The Morgan fingerprint density at radius 3 is 2.12 bits per heavy atom. The highest BCUT2D eigenvalue weighted by Crippen LogP contribution is 2.34. The Morgan fingerprint density at radius 1 is 1.08 bits per heavy atom. The van der Waals surface area contributed by atoms with Crippen LogP contribution in [-0.4, -0.2) is 73.7 Å². The number of piperazine rings is 1. The third-order valence-corrected chi connectivity index (χ3v) is 7.17. The summed E-state index contributed by atoms with van der Waals surface area (Å²) in [7, 11) is -3.25. The third-order valence-electron chi connectivity index (χ3n) is 5.29. The van der Waals surface area contributed by atoms with Crippen LogP contribution < -0.4 is 5.32 Å². The van der Waals surface area contributed by atoms with Crippen LogP contribution in [0, 0.1) is 0 Å². The minimum atomic E-state index is -4.89. The number of carbonyl (C=O) groups is 1. The van der Waals surface area contributed by atoms with Crippen LogP contribution in [0.3, 0.4) is 0 Å². The van der Waals surface area contributed by atoms with Crippen molar-refractivity contribution in [2.75, 3.05) is 38.5 Å². The molecule has 1 saturated heterocycles. The summed E-state index contributed by atoms with van der Waals surface area (Å²) in [5.41, 5.74) is -0.513. The van der Waals surface area contributed by atoms with Crippen LogP contribution in [0.1, 0.15) is 39.0 Å². The Kier molecular flexibility index (Phi) is 6.37. The number of halogens is 3. The number of amides is 1. The van der Waals surface area contributed by atoms with Gasteiger partial charge < -0.3 is 5.32 Å². The molecule has 146 valence electrons. The molecule has 1 N–H and O–H groups in total. The van der Waals surface area contributed by atoms with Gasteiger partial charge in [-0.3, -0.25) is 9.69 Å². The molecule has 0 aromatic heterocycles. The lowest BCUT2D eigenvalue weighted by Gasteiger charge is -2.49. The van der Waals surface area contributed by atoms with Crippen molar-refractivity contribution in [1.29, 1.82) is 0 Å². The van der Waals surface area contributed by atoms with Gasteiger partial charge in [0.1, 0.15) is 0 Å².